The van der Waals surface area contributed by atoms with Gasteiger partial charge in [0, 0.05) is 15.9 Å². The summed E-state index contributed by atoms with van der Waals surface area (Å²) in [6.07, 6.45) is 0. The van der Waals surface area contributed by atoms with Crippen molar-refractivity contribution in [2.24, 2.45) is 0 Å². The molecule has 0 bridgehead atoms. The van der Waals surface area contributed by atoms with Crippen LogP contribution in [0.4, 0.5) is 11.4 Å². The first-order valence-electron chi connectivity index (χ1n) is 5.93. The van der Waals surface area contributed by atoms with Crippen LogP contribution in [0.2, 0.25) is 0 Å². The van der Waals surface area contributed by atoms with Crippen molar-refractivity contribution in [1.82, 2.24) is 4.98 Å². The molecule has 0 unspecified atom stereocenters. The summed E-state index contributed by atoms with van der Waals surface area (Å²) >= 11 is 3.51. The van der Waals surface area contributed by atoms with Gasteiger partial charge in [-0.3, -0.25) is 4.98 Å². The van der Waals surface area contributed by atoms with Gasteiger partial charge >= 0.3 is 0 Å². The molecule has 0 radical (unpaired) electrons. The van der Waals surface area contributed by atoms with Gasteiger partial charge in [-0.05, 0) is 44.5 Å². The average Bonchev–Trinajstić information content (AvgIpc) is 2.34. The molecule has 96 valence electrons. The lowest BCUT2D eigenvalue weighted by atomic mass is 10.1. The van der Waals surface area contributed by atoms with Crippen LogP contribution in [0.25, 0.3) is 0 Å². The molecule has 1 aromatic heterocycles. The number of halogens is 1. The van der Waals surface area contributed by atoms with Crippen LogP contribution in [-0.2, 0) is 0 Å². The molecule has 0 aliphatic rings. The van der Waals surface area contributed by atoms with E-state index in [0.717, 1.165) is 32.8 Å². The molecular weight excluding hydrogens is 302 g/mol. The minimum atomic E-state index is 0.588. The Kier molecular flexibility index (Phi) is 3.87. The standard InChI is InChI=1S/C15H14BrN3/c1-9-7-15(12(8-17)11(3)18-9)19-14-6-4-5-13(16)10(14)2/h4-7H,1-3H3,(H,18,19). The minimum absolute atomic E-state index is 0.588. The zero-order chi connectivity index (χ0) is 14.0. The molecule has 1 aromatic carbocycles. The highest BCUT2D eigenvalue weighted by Crippen LogP contribution is 2.28. The molecule has 3 nitrogen and oxygen atoms in total. The Morgan fingerprint density at radius 3 is 2.63 bits per heavy atom. The zero-order valence-electron chi connectivity index (χ0n) is 11.1. The Morgan fingerprint density at radius 1 is 1.21 bits per heavy atom. The maximum Gasteiger partial charge on any atom is 0.103 e. The van der Waals surface area contributed by atoms with E-state index in [0.29, 0.717) is 5.56 Å². The number of pyridine rings is 1. The third-order valence-electron chi connectivity index (χ3n) is 2.98. The maximum atomic E-state index is 9.25. The predicted octanol–water partition coefficient (Wildman–Crippen LogP) is 4.38. The van der Waals surface area contributed by atoms with Crippen LogP contribution in [0.3, 0.4) is 0 Å². The number of nitriles is 1. The highest BCUT2D eigenvalue weighted by Gasteiger charge is 2.10. The van der Waals surface area contributed by atoms with Gasteiger partial charge in [0.15, 0.2) is 0 Å². The first-order valence-corrected chi connectivity index (χ1v) is 6.72. The first kappa shape index (κ1) is 13.6. The van der Waals surface area contributed by atoms with Gasteiger partial charge < -0.3 is 5.32 Å². The van der Waals surface area contributed by atoms with Crippen molar-refractivity contribution in [3.8, 4) is 6.07 Å². The number of aromatic nitrogens is 1. The quantitative estimate of drug-likeness (QED) is 0.894. The first-order chi connectivity index (χ1) is 9.02. The van der Waals surface area contributed by atoms with E-state index in [-0.39, 0.29) is 0 Å². The van der Waals surface area contributed by atoms with Gasteiger partial charge in [-0.25, -0.2) is 0 Å². The summed E-state index contributed by atoms with van der Waals surface area (Å²) in [7, 11) is 0. The molecule has 0 amide bonds. The zero-order valence-corrected chi connectivity index (χ0v) is 12.7. The summed E-state index contributed by atoms with van der Waals surface area (Å²) in [6, 6.07) is 10.1. The predicted molar refractivity (Wildman–Crippen MR) is 80.6 cm³/mol. The third kappa shape index (κ3) is 2.77. The normalized spacial score (nSPS) is 10.1. The number of aryl methyl sites for hydroxylation is 2. The molecule has 4 heteroatoms. The summed E-state index contributed by atoms with van der Waals surface area (Å²) in [5.74, 6) is 0. The maximum absolute atomic E-state index is 9.25. The van der Waals surface area contributed by atoms with Crippen LogP contribution in [0.5, 0.6) is 0 Å². The van der Waals surface area contributed by atoms with Crippen molar-refractivity contribution in [2.75, 3.05) is 5.32 Å². The van der Waals surface area contributed by atoms with Crippen LogP contribution in [0.15, 0.2) is 28.7 Å². The average molecular weight is 316 g/mol. The molecule has 0 aliphatic carbocycles. The second-order valence-corrected chi connectivity index (χ2v) is 5.28. The molecule has 1 N–H and O–H groups in total. The smallest absolute Gasteiger partial charge is 0.103 e. The van der Waals surface area contributed by atoms with Crippen molar-refractivity contribution in [1.29, 1.82) is 5.26 Å². The van der Waals surface area contributed by atoms with Crippen LogP contribution in [0.1, 0.15) is 22.5 Å². The number of nitrogens with one attached hydrogen (secondary N) is 1. The summed E-state index contributed by atoms with van der Waals surface area (Å²) in [4.78, 5) is 4.31. The van der Waals surface area contributed by atoms with Crippen molar-refractivity contribution in [3.63, 3.8) is 0 Å². The Labute approximate surface area is 121 Å². The molecule has 0 atom stereocenters. The van der Waals surface area contributed by atoms with Gasteiger partial charge in [0.1, 0.15) is 6.07 Å². The van der Waals surface area contributed by atoms with Crippen LogP contribution >= 0.6 is 15.9 Å². The Hall–Kier alpha value is -1.86. The molecule has 2 aromatic rings. The second kappa shape index (κ2) is 5.41. The Balaban J connectivity index is 2.50. The lowest BCUT2D eigenvalue weighted by Crippen LogP contribution is -2.01. The minimum Gasteiger partial charge on any atom is -0.354 e. The molecule has 19 heavy (non-hydrogen) atoms. The van der Waals surface area contributed by atoms with Gasteiger partial charge in [-0.15, -0.1) is 0 Å². The van der Waals surface area contributed by atoms with E-state index in [1.165, 1.54) is 0 Å². The van der Waals surface area contributed by atoms with Gasteiger partial charge in [0.2, 0.25) is 0 Å². The fourth-order valence-electron chi connectivity index (χ4n) is 1.96. The number of rotatable bonds is 2. The fraction of sp³-hybridized carbons (Fsp3) is 0.200. The summed E-state index contributed by atoms with van der Waals surface area (Å²) in [5.41, 5.74) is 5.12. The number of hydrogen-bond donors (Lipinski definition) is 1. The van der Waals surface area contributed by atoms with E-state index >= 15 is 0 Å². The van der Waals surface area contributed by atoms with Crippen molar-refractivity contribution >= 4 is 27.3 Å². The van der Waals surface area contributed by atoms with E-state index in [2.05, 4.69) is 32.3 Å². The number of hydrogen-bond acceptors (Lipinski definition) is 3. The molecule has 0 spiro atoms. The van der Waals surface area contributed by atoms with Crippen LogP contribution in [0, 0.1) is 32.1 Å². The fourth-order valence-corrected chi connectivity index (χ4v) is 2.32. The van der Waals surface area contributed by atoms with Gasteiger partial charge in [0.05, 0.1) is 16.9 Å². The molecule has 0 saturated carbocycles. The molecule has 2 rings (SSSR count). The topological polar surface area (TPSA) is 48.7 Å². The van der Waals surface area contributed by atoms with E-state index in [9.17, 15) is 5.26 Å². The van der Waals surface area contributed by atoms with Crippen LogP contribution < -0.4 is 5.32 Å². The molecular formula is C15H14BrN3. The van der Waals surface area contributed by atoms with Gasteiger partial charge in [-0.2, -0.15) is 5.26 Å². The van der Waals surface area contributed by atoms with Crippen molar-refractivity contribution in [2.45, 2.75) is 20.8 Å². The second-order valence-electron chi connectivity index (χ2n) is 4.42. The van der Waals surface area contributed by atoms with Gasteiger partial charge in [0.25, 0.3) is 0 Å². The SMILES string of the molecule is Cc1cc(Nc2cccc(Br)c2C)c(C#N)c(C)n1. The van der Waals surface area contributed by atoms with E-state index in [4.69, 9.17) is 0 Å². The van der Waals surface area contributed by atoms with Crippen molar-refractivity contribution < 1.29 is 0 Å². The molecule has 0 aliphatic heterocycles. The highest BCUT2D eigenvalue weighted by molar-refractivity contribution is 9.10. The Bertz CT molecular complexity index is 672. The van der Waals surface area contributed by atoms with Crippen molar-refractivity contribution in [3.05, 3.63) is 51.3 Å². The number of anilines is 2. The van der Waals surface area contributed by atoms with E-state index in [1.807, 2.05) is 45.0 Å². The van der Waals surface area contributed by atoms with Gasteiger partial charge in [-0.1, -0.05) is 22.0 Å². The summed E-state index contributed by atoms with van der Waals surface area (Å²) in [5, 5.41) is 12.6. The molecule has 1 heterocycles. The largest absolute Gasteiger partial charge is 0.354 e. The van der Waals surface area contributed by atoms with E-state index < -0.39 is 0 Å². The molecule has 0 fully saturated rings. The third-order valence-corrected chi connectivity index (χ3v) is 3.84. The van der Waals surface area contributed by atoms with Crippen LogP contribution in [-0.4, -0.2) is 4.98 Å². The Morgan fingerprint density at radius 2 is 1.95 bits per heavy atom. The highest BCUT2D eigenvalue weighted by atomic mass is 79.9. The molecule has 0 saturated heterocycles. The van der Waals surface area contributed by atoms with E-state index in [1.54, 1.807) is 0 Å². The summed E-state index contributed by atoms with van der Waals surface area (Å²) in [6.45, 7) is 5.80. The lowest BCUT2D eigenvalue weighted by Gasteiger charge is -2.13. The lowest BCUT2D eigenvalue weighted by molar-refractivity contribution is 1.11. The number of nitrogens with zero attached hydrogens (tertiary/aromatic N) is 2. The number of benzene rings is 1. The summed E-state index contributed by atoms with van der Waals surface area (Å²) < 4.78 is 1.04. The monoisotopic (exact) mass is 315 g/mol.